The number of hydrogen-bond donors (Lipinski definition) is 1. The van der Waals surface area contributed by atoms with Crippen LogP contribution in [0, 0.1) is 5.92 Å². The molecule has 0 unspecified atom stereocenters. The summed E-state index contributed by atoms with van der Waals surface area (Å²) in [6, 6.07) is 8.03. The largest absolute Gasteiger partial charge is 0.356 e. The van der Waals surface area contributed by atoms with E-state index in [1.54, 1.807) is 0 Å². The number of rotatable bonds is 10. The molecule has 140 valence electrons. The van der Waals surface area contributed by atoms with Gasteiger partial charge in [-0.05, 0) is 63.2 Å². The van der Waals surface area contributed by atoms with Crippen LogP contribution >= 0.6 is 23.4 Å². The SMILES string of the molecule is CCCCCNC(=O)C1CCN(CCCSc2ccccc2Cl)CC1. The molecule has 0 atom stereocenters. The van der Waals surface area contributed by atoms with Crippen LogP contribution in [0.5, 0.6) is 0 Å². The first-order valence-corrected chi connectivity index (χ1v) is 10.9. The van der Waals surface area contributed by atoms with Gasteiger partial charge in [-0.15, -0.1) is 11.8 Å². The summed E-state index contributed by atoms with van der Waals surface area (Å²) in [5.41, 5.74) is 0. The summed E-state index contributed by atoms with van der Waals surface area (Å²) in [7, 11) is 0. The summed E-state index contributed by atoms with van der Waals surface area (Å²) in [4.78, 5) is 15.8. The van der Waals surface area contributed by atoms with E-state index in [9.17, 15) is 4.79 Å². The lowest BCUT2D eigenvalue weighted by molar-refractivity contribution is -0.126. The summed E-state index contributed by atoms with van der Waals surface area (Å²) in [5.74, 6) is 1.57. The van der Waals surface area contributed by atoms with Gasteiger partial charge in [-0.3, -0.25) is 4.79 Å². The van der Waals surface area contributed by atoms with Crippen LogP contribution < -0.4 is 5.32 Å². The molecule has 1 amide bonds. The van der Waals surface area contributed by atoms with Crippen LogP contribution in [-0.2, 0) is 4.79 Å². The van der Waals surface area contributed by atoms with Gasteiger partial charge in [0.15, 0.2) is 0 Å². The molecule has 1 heterocycles. The van der Waals surface area contributed by atoms with Crippen molar-refractivity contribution in [2.45, 2.75) is 50.3 Å². The lowest BCUT2D eigenvalue weighted by Gasteiger charge is -2.31. The Morgan fingerprint density at radius 3 is 2.72 bits per heavy atom. The van der Waals surface area contributed by atoms with Gasteiger partial charge in [-0.2, -0.15) is 0 Å². The minimum atomic E-state index is 0.218. The second-order valence-corrected chi connectivity index (χ2v) is 8.29. The van der Waals surface area contributed by atoms with Crippen molar-refractivity contribution < 1.29 is 4.79 Å². The molecule has 0 spiro atoms. The molecule has 1 aromatic rings. The Kier molecular flexibility index (Phi) is 9.74. The molecule has 0 aliphatic carbocycles. The van der Waals surface area contributed by atoms with Gasteiger partial charge in [-0.25, -0.2) is 0 Å². The third-order valence-electron chi connectivity index (χ3n) is 4.75. The zero-order valence-electron chi connectivity index (χ0n) is 15.3. The highest BCUT2D eigenvalue weighted by atomic mass is 35.5. The van der Waals surface area contributed by atoms with E-state index in [-0.39, 0.29) is 11.8 Å². The summed E-state index contributed by atoms with van der Waals surface area (Å²) in [6.45, 7) is 6.23. The van der Waals surface area contributed by atoms with Crippen LogP contribution in [0.25, 0.3) is 0 Å². The summed E-state index contributed by atoms with van der Waals surface area (Å²) < 4.78 is 0. The van der Waals surface area contributed by atoms with Gasteiger partial charge in [0, 0.05) is 17.4 Å². The quantitative estimate of drug-likeness (QED) is 0.464. The predicted molar refractivity (Wildman–Crippen MR) is 108 cm³/mol. The number of unbranched alkanes of at least 4 members (excludes halogenated alkanes) is 2. The fraction of sp³-hybridized carbons (Fsp3) is 0.650. The fourth-order valence-corrected chi connectivity index (χ4v) is 4.36. The zero-order valence-corrected chi connectivity index (χ0v) is 16.9. The molecule has 1 aliphatic heterocycles. The molecule has 0 bridgehead atoms. The van der Waals surface area contributed by atoms with E-state index in [2.05, 4.69) is 23.2 Å². The number of nitrogens with one attached hydrogen (secondary N) is 1. The molecule has 1 aromatic carbocycles. The zero-order chi connectivity index (χ0) is 17.9. The summed E-state index contributed by atoms with van der Waals surface area (Å²) >= 11 is 8.01. The number of carbonyl (C=O) groups excluding carboxylic acids is 1. The lowest BCUT2D eigenvalue weighted by Crippen LogP contribution is -2.41. The third-order valence-corrected chi connectivity index (χ3v) is 6.35. The Morgan fingerprint density at radius 2 is 2.00 bits per heavy atom. The third kappa shape index (κ3) is 7.59. The minimum absolute atomic E-state index is 0.218. The molecule has 0 radical (unpaired) electrons. The van der Waals surface area contributed by atoms with E-state index in [1.165, 1.54) is 17.7 Å². The Hall–Kier alpha value is -0.710. The maximum absolute atomic E-state index is 12.2. The van der Waals surface area contributed by atoms with Crippen LogP contribution in [0.4, 0.5) is 0 Å². The van der Waals surface area contributed by atoms with E-state index >= 15 is 0 Å². The van der Waals surface area contributed by atoms with Gasteiger partial charge < -0.3 is 10.2 Å². The van der Waals surface area contributed by atoms with E-state index in [4.69, 9.17) is 11.6 Å². The first-order valence-electron chi connectivity index (χ1n) is 9.58. The van der Waals surface area contributed by atoms with Crippen molar-refractivity contribution in [2.75, 3.05) is 31.9 Å². The van der Waals surface area contributed by atoms with Gasteiger partial charge >= 0.3 is 0 Å². The number of nitrogens with zero attached hydrogens (tertiary/aromatic N) is 1. The van der Waals surface area contributed by atoms with E-state index in [0.717, 1.165) is 62.6 Å². The number of thioether (sulfide) groups is 1. The van der Waals surface area contributed by atoms with Crippen molar-refractivity contribution >= 4 is 29.3 Å². The monoisotopic (exact) mass is 382 g/mol. The fourth-order valence-electron chi connectivity index (χ4n) is 3.18. The molecule has 1 aliphatic rings. The molecular weight excluding hydrogens is 352 g/mol. The van der Waals surface area contributed by atoms with Crippen LogP contribution in [0.3, 0.4) is 0 Å². The van der Waals surface area contributed by atoms with Gasteiger partial charge in [0.1, 0.15) is 0 Å². The molecule has 1 N–H and O–H groups in total. The van der Waals surface area contributed by atoms with Crippen molar-refractivity contribution in [1.82, 2.24) is 10.2 Å². The highest BCUT2D eigenvalue weighted by molar-refractivity contribution is 7.99. The topological polar surface area (TPSA) is 32.3 Å². The molecule has 2 rings (SSSR count). The molecule has 1 saturated heterocycles. The second-order valence-electron chi connectivity index (χ2n) is 6.75. The van der Waals surface area contributed by atoms with Gasteiger partial charge in [0.05, 0.1) is 5.02 Å². The second kappa shape index (κ2) is 11.8. The van der Waals surface area contributed by atoms with Crippen molar-refractivity contribution in [2.24, 2.45) is 5.92 Å². The first-order chi connectivity index (χ1) is 12.2. The van der Waals surface area contributed by atoms with E-state index in [1.807, 2.05) is 30.0 Å². The van der Waals surface area contributed by atoms with Gasteiger partial charge in [-0.1, -0.05) is 43.5 Å². The van der Waals surface area contributed by atoms with E-state index < -0.39 is 0 Å². The number of benzene rings is 1. The predicted octanol–water partition coefficient (Wildman–Crippen LogP) is 4.84. The summed E-state index contributed by atoms with van der Waals surface area (Å²) in [6.07, 6.45) is 6.65. The highest BCUT2D eigenvalue weighted by Gasteiger charge is 2.24. The number of hydrogen-bond acceptors (Lipinski definition) is 3. The Balaban J connectivity index is 1.56. The average molecular weight is 383 g/mol. The molecule has 0 aromatic heterocycles. The van der Waals surface area contributed by atoms with Crippen molar-refractivity contribution in [1.29, 1.82) is 0 Å². The molecule has 5 heteroatoms. The van der Waals surface area contributed by atoms with Crippen molar-refractivity contribution in [3.8, 4) is 0 Å². The van der Waals surface area contributed by atoms with Crippen LogP contribution in [-0.4, -0.2) is 42.7 Å². The number of likely N-dealkylation sites (tertiary alicyclic amines) is 1. The van der Waals surface area contributed by atoms with Gasteiger partial charge in [0.2, 0.25) is 5.91 Å². The molecule has 0 saturated carbocycles. The number of carbonyl (C=O) groups is 1. The first kappa shape index (κ1) is 20.6. The Bertz CT molecular complexity index is 518. The maximum atomic E-state index is 12.2. The molecule has 1 fully saturated rings. The van der Waals surface area contributed by atoms with Crippen molar-refractivity contribution in [3.63, 3.8) is 0 Å². The smallest absolute Gasteiger partial charge is 0.223 e. The molecule has 3 nitrogen and oxygen atoms in total. The van der Waals surface area contributed by atoms with Crippen LogP contribution in [0.15, 0.2) is 29.2 Å². The van der Waals surface area contributed by atoms with Gasteiger partial charge in [0.25, 0.3) is 0 Å². The summed E-state index contributed by atoms with van der Waals surface area (Å²) in [5, 5.41) is 3.95. The molecule has 25 heavy (non-hydrogen) atoms. The number of halogens is 1. The average Bonchev–Trinajstić information content (AvgIpc) is 2.64. The van der Waals surface area contributed by atoms with Crippen molar-refractivity contribution in [3.05, 3.63) is 29.3 Å². The minimum Gasteiger partial charge on any atom is -0.356 e. The number of piperidine rings is 1. The number of amides is 1. The Morgan fingerprint density at radius 1 is 1.24 bits per heavy atom. The van der Waals surface area contributed by atoms with E-state index in [0.29, 0.717) is 0 Å². The maximum Gasteiger partial charge on any atom is 0.223 e. The Labute approximate surface area is 161 Å². The highest BCUT2D eigenvalue weighted by Crippen LogP contribution is 2.27. The normalized spacial score (nSPS) is 16.1. The standard InChI is InChI=1S/C20H31ClN2OS/c1-2-3-6-12-22-20(24)17-10-14-23(15-11-17)13-7-16-25-19-9-5-4-8-18(19)21/h4-5,8-9,17H,2-3,6-7,10-16H2,1H3,(H,22,24). The van der Waals surface area contributed by atoms with Crippen LogP contribution in [0.2, 0.25) is 5.02 Å². The van der Waals surface area contributed by atoms with Crippen LogP contribution in [0.1, 0.15) is 45.4 Å². The lowest BCUT2D eigenvalue weighted by atomic mass is 9.96. The molecular formula is C20H31ClN2OS.